The molecule has 0 saturated heterocycles. The number of nitrogens with one attached hydrogen (secondary N) is 1. The van der Waals surface area contributed by atoms with E-state index in [1.807, 2.05) is 24.9 Å². The Morgan fingerprint density at radius 3 is 2.93 bits per heavy atom. The maximum Gasteiger partial charge on any atom is 0.224 e. The van der Waals surface area contributed by atoms with E-state index >= 15 is 0 Å². The summed E-state index contributed by atoms with van der Waals surface area (Å²) in [4.78, 5) is 10.2. The van der Waals surface area contributed by atoms with Gasteiger partial charge >= 0.3 is 0 Å². The first-order valence-corrected chi connectivity index (χ1v) is 4.53. The van der Waals surface area contributed by atoms with Crippen molar-refractivity contribution in [2.75, 3.05) is 30.9 Å². The summed E-state index contributed by atoms with van der Waals surface area (Å²) in [6.07, 6.45) is 1.69. The first kappa shape index (κ1) is 10.7. The highest BCUT2D eigenvalue weighted by Gasteiger charge is 2.10. The number of aromatic nitrogens is 2. The highest BCUT2D eigenvalue weighted by molar-refractivity contribution is 5.42. The molecule has 0 saturated carbocycles. The van der Waals surface area contributed by atoms with Gasteiger partial charge in [0.1, 0.15) is 5.82 Å². The van der Waals surface area contributed by atoms with Crippen molar-refractivity contribution < 1.29 is 5.11 Å². The van der Waals surface area contributed by atoms with Crippen molar-refractivity contribution in [1.82, 2.24) is 9.97 Å². The fourth-order valence-electron chi connectivity index (χ4n) is 1.01. The average molecular weight is 196 g/mol. The summed E-state index contributed by atoms with van der Waals surface area (Å²) < 4.78 is 0. The summed E-state index contributed by atoms with van der Waals surface area (Å²) in [5.41, 5.74) is 0. The molecule has 2 N–H and O–H groups in total. The molecule has 1 rings (SSSR count). The van der Waals surface area contributed by atoms with Crippen LogP contribution in [-0.2, 0) is 0 Å². The Balaban J connectivity index is 2.83. The van der Waals surface area contributed by atoms with Gasteiger partial charge < -0.3 is 15.3 Å². The van der Waals surface area contributed by atoms with Crippen LogP contribution < -0.4 is 10.2 Å². The number of nitrogens with zero attached hydrogens (tertiary/aromatic N) is 3. The smallest absolute Gasteiger partial charge is 0.224 e. The molecule has 1 unspecified atom stereocenters. The molecule has 0 bridgehead atoms. The molecular weight excluding hydrogens is 180 g/mol. The number of aliphatic hydroxyl groups is 1. The minimum atomic E-state index is 0.0506. The minimum Gasteiger partial charge on any atom is -0.394 e. The lowest BCUT2D eigenvalue weighted by molar-refractivity contribution is 0.270. The molecule has 1 aromatic heterocycles. The van der Waals surface area contributed by atoms with Gasteiger partial charge in [-0.3, -0.25) is 0 Å². The SMILES string of the molecule is CNc1nccc(N(C)C(C)CO)n1. The predicted molar refractivity (Wildman–Crippen MR) is 56.5 cm³/mol. The molecule has 0 aromatic carbocycles. The van der Waals surface area contributed by atoms with Crippen LogP contribution in [-0.4, -0.2) is 41.8 Å². The van der Waals surface area contributed by atoms with E-state index in [0.717, 1.165) is 5.82 Å². The van der Waals surface area contributed by atoms with Crippen LogP contribution in [0.3, 0.4) is 0 Å². The Labute approximate surface area is 83.8 Å². The van der Waals surface area contributed by atoms with Crippen molar-refractivity contribution in [3.05, 3.63) is 12.3 Å². The minimum absolute atomic E-state index is 0.0506. The standard InChI is InChI=1S/C9H16N4O/c1-7(6-14)13(3)8-4-5-11-9(10-2)12-8/h4-5,7,14H,6H2,1-3H3,(H,10,11,12). The van der Waals surface area contributed by atoms with Gasteiger partial charge in [-0.05, 0) is 13.0 Å². The lowest BCUT2D eigenvalue weighted by Gasteiger charge is -2.24. The van der Waals surface area contributed by atoms with Gasteiger partial charge in [0.2, 0.25) is 5.95 Å². The Morgan fingerprint density at radius 2 is 2.36 bits per heavy atom. The summed E-state index contributed by atoms with van der Waals surface area (Å²) in [5, 5.41) is 11.9. The summed E-state index contributed by atoms with van der Waals surface area (Å²) in [7, 11) is 3.66. The molecule has 1 heterocycles. The quantitative estimate of drug-likeness (QED) is 0.727. The first-order chi connectivity index (χ1) is 6.69. The molecule has 0 amide bonds. The highest BCUT2D eigenvalue weighted by Crippen LogP contribution is 2.12. The zero-order valence-electron chi connectivity index (χ0n) is 8.73. The Hall–Kier alpha value is -1.36. The second-order valence-electron chi connectivity index (χ2n) is 3.13. The molecule has 1 aromatic rings. The van der Waals surface area contributed by atoms with Crippen molar-refractivity contribution in [2.45, 2.75) is 13.0 Å². The number of rotatable bonds is 4. The zero-order valence-corrected chi connectivity index (χ0v) is 8.73. The van der Waals surface area contributed by atoms with Crippen LogP contribution in [0.5, 0.6) is 0 Å². The molecule has 5 nitrogen and oxygen atoms in total. The summed E-state index contributed by atoms with van der Waals surface area (Å²) in [6.45, 7) is 2.04. The van der Waals surface area contributed by atoms with E-state index < -0.39 is 0 Å². The Morgan fingerprint density at radius 1 is 1.64 bits per heavy atom. The van der Waals surface area contributed by atoms with Crippen molar-refractivity contribution in [2.24, 2.45) is 0 Å². The summed E-state index contributed by atoms with van der Waals surface area (Å²) in [5.74, 6) is 1.38. The van der Waals surface area contributed by atoms with Gasteiger partial charge in [-0.15, -0.1) is 0 Å². The molecule has 5 heteroatoms. The van der Waals surface area contributed by atoms with Crippen LogP contribution in [0.15, 0.2) is 12.3 Å². The fraction of sp³-hybridized carbons (Fsp3) is 0.556. The van der Waals surface area contributed by atoms with Gasteiger partial charge in [-0.25, -0.2) is 4.98 Å². The van der Waals surface area contributed by atoms with Crippen molar-refractivity contribution in [1.29, 1.82) is 0 Å². The molecule has 0 fully saturated rings. The Kier molecular flexibility index (Phi) is 3.64. The lowest BCUT2D eigenvalue weighted by Crippen LogP contribution is -2.32. The van der Waals surface area contributed by atoms with Gasteiger partial charge in [0, 0.05) is 20.3 Å². The van der Waals surface area contributed by atoms with E-state index in [9.17, 15) is 0 Å². The summed E-state index contributed by atoms with van der Waals surface area (Å²) in [6, 6.07) is 1.86. The Bertz CT molecular complexity index is 292. The van der Waals surface area contributed by atoms with Crippen LogP contribution in [0.4, 0.5) is 11.8 Å². The highest BCUT2D eigenvalue weighted by atomic mass is 16.3. The van der Waals surface area contributed by atoms with E-state index in [2.05, 4.69) is 15.3 Å². The molecule has 0 radical (unpaired) electrons. The number of likely N-dealkylation sites (N-methyl/N-ethyl adjacent to an activating group) is 1. The maximum absolute atomic E-state index is 8.99. The third-order valence-corrected chi connectivity index (χ3v) is 2.15. The second-order valence-corrected chi connectivity index (χ2v) is 3.13. The van der Waals surface area contributed by atoms with E-state index in [4.69, 9.17) is 5.11 Å². The normalized spacial score (nSPS) is 12.3. The molecule has 0 aliphatic rings. The van der Waals surface area contributed by atoms with Crippen LogP contribution in [0.25, 0.3) is 0 Å². The van der Waals surface area contributed by atoms with Crippen LogP contribution >= 0.6 is 0 Å². The molecule has 0 spiro atoms. The maximum atomic E-state index is 8.99. The molecule has 14 heavy (non-hydrogen) atoms. The van der Waals surface area contributed by atoms with Crippen molar-refractivity contribution >= 4 is 11.8 Å². The number of aliphatic hydroxyl groups excluding tert-OH is 1. The molecule has 0 aliphatic heterocycles. The fourth-order valence-corrected chi connectivity index (χ4v) is 1.01. The zero-order chi connectivity index (χ0) is 10.6. The lowest BCUT2D eigenvalue weighted by atomic mass is 10.3. The van der Waals surface area contributed by atoms with Gasteiger partial charge in [0.15, 0.2) is 0 Å². The molecular formula is C9H16N4O. The van der Waals surface area contributed by atoms with E-state index in [1.165, 1.54) is 0 Å². The largest absolute Gasteiger partial charge is 0.394 e. The average Bonchev–Trinajstić information content (AvgIpc) is 2.27. The van der Waals surface area contributed by atoms with Gasteiger partial charge in [0.05, 0.1) is 12.6 Å². The van der Waals surface area contributed by atoms with E-state index in [1.54, 1.807) is 13.2 Å². The monoisotopic (exact) mass is 196 g/mol. The molecule has 78 valence electrons. The van der Waals surface area contributed by atoms with Crippen LogP contribution in [0, 0.1) is 0 Å². The van der Waals surface area contributed by atoms with Crippen LogP contribution in [0.2, 0.25) is 0 Å². The van der Waals surface area contributed by atoms with E-state index in [-0.39, 0.29) is 12.6 Å². The van der Waals surface area contributed by atoms with Gasteiger partial charge in [0.25, 0.3) is 0 Å². The number of hydrogen-bond donors (Lipinski definition) is 2. The first-order valence-electron chi connectivity index (χ1n) is 4.53. The van der Waals surface area contributed by atoms with E-state index in [0.29, 0.717) is 5.95 Å². The second kappa shape index (κ2) is 4.76. The third-order valence-electron chi connectivity index (χ3n) is 2.15. The summed E-state index contributed by atoms with van der Waals surface area (Å²) >= 11 is 0. The number of anilines is 2. The van der Waals surface area contributed by atoms with Crippen LogP contribution in [0.1, 0.15) is 6.92 Å². The van der Waals surface area contributed by atoms with Crippen molar-refractivity contribution in [3.63, 3.8) is 0 Å². The van der Waals surface area contributed by atoms with Gasteiger partial charge in [-0.1, -0.05) is 0 Å². The molecule has 0 aliphatic carbocycles. The topological polar surface area (TPSA) is 61.3 Å². The van der Waals surface area contributed by atoms with Gasteiger partial charge in [-0.2, -0.15) is 4.98 Å². The molecule has 1 atom stereocenters. The number of hydrogen-bond acceptors (Lipinski definition) is 5. The predicted octanol–water partition coefficient (Wildman–Crippen LogP) is 0.335. The van der Waals surface area contributed by atoms with Crippen molar-refractivity contribution in [3.8, 4) is 0 Å². The third kappa shape index (κ3) is 2.32.